The monoisotopic (exact) mass is 349 g/mol. The minimum Gasteiger partial charge on any atom is -0.347 e. The number of benzene rings is 1. The lowest BCUT2D eigenvalue weighted by Crippen LogP contribution is -2.13. The predicted octanol–water partition coefficient (Wildman–Crippen LogP) is 5.51. The van der Waals surface area contributed by atoms with Crippen LogP contribution in [0, 0.1) is 0 Å². The van der Waals surface area contributed by atoms with Gasteiger partial charge in [0, 0.05) is 28.5 Å². The van der Waals surface area contributed by atoms with Crippen molar-refractivity contribution < 1.29 is 0 Å². The quantitative estimate of drug-likeness (QED) is 0.773. The van der Waals surface area contributed by atoms with Gasteiger partial charge in [0.15, 0.2) is 0 Å². The molecule has 25 heavy (non-hydrogen) atoms. The van der Waals surface area contributed by atoms with Crippen molar-refractivity contribution in [3.05, 3.63) is 89.5 Å². The van der Waals surface area contributed by atoms with E-state index in [1.807, 2.05) is 60.8 Å². The standard InChI is InChI=1S/C21H20ClN3/c1-2-3-4-5-11-20-23-14-12-19(25-20)18-10-7-13-24-21(18)16-8-6-9-17(22)15-16/h4-15,23H,2-3H2,1H3/b5-4+,20-11+. The van der Waals surface area contributed by atoms with Gasteiger partial charge in [-0.15, -0.1) is 0 Å². The first-order chi connectivity index (χ1) is 12.3. The largest absolute Gasteiger partial charge is 0.347 e. The van der Waals surface area contributed by atoms with Crippen molar-refractivity contribution >= 4 is 17.3 Å². The molecule has 0 fully saturated rings. The van der Waals surface area contributed by atoms with Crippen LogP contribution in [-0.4, -0.2) is 10.7 Å². The highest BCUT2D eigenvalue weighted by atomic mass is 35.5. The molecule has 3 rings (SSSR count). The molecule has 4 heteroatoms. The van der Waals surface area contributed by atoms with E-state index >= 15 is 0 Å². The van der Waals surface area contributed by atoms with Gasteiger partial charge < -0.3 is 5.32 Å². The Kier molecular flexibility index (Phi) is 5.81. The Balaban J connectivity index is 1.96. The van der Waals surface area contributed by atoms with E-state index in [4.69, 9.17) is 16.6 Å². The van der Waals surface area contributed by atoms with E-state index in [1.54, 1.807) is 6.20 Å². The van der Waals surface area contributed by atoms with Crippen LogP contribution in [-0.2, 0) is 0 Å². The fourth-order valence-corrected chi connectivity index (χ4v) is 2.73. The molecule has 0 saturated heterocycles. The summed E-state index contributed by atoms with van der Waals surface area (Å²) in [7, 11) is 0. The molecule has 126 valence electrons. The molecule has 2 heterocycles. The Morgan fingerprint density at radius 2 is 2.12 bits per heavy atom. The topological polar surface area (TPSA) is 37.3 Å². The zero-order valence-electron chi connectivity index (χ0n) is 14.1. The molecule has 1 aromatic heterocycles. The van der Waals surface area contributed by atoms with Gasteiger partial charge >= 0.3 is 0 Å². The van der Waals surface area contributed by atoms with Gasteiger partial charge in [-0.05, 0) is 42.8 Å². The second kappa shape index (κ2) is 8.45. The first kappa shape index (κ1) is 17.2. The second-order valence-electron chi connectivity index (χ2n) is 5.65. The highest BCUT2D eigenvalue weighted by Gasteiger charge is 2.13. The summed E-state index contributed by atoms with van der Waals surface area (Å²) in [6.45, 7) is 2.16. The zero-order valence-corrected chi connectivity index (χ0v) is 14.9. The minimum absolute atomic E-state index is 0.693. The Bertz CT molecular complexity index is 863. The summed E-state index contributed by atoms with van der Waals surface area (Å²) in [4.78, 5) is 9.26. The Labute approximate surface area is 153 Å². The smallest absolute Gasteiger partial charge is 0.130 e. The number of nitrogens with zero attached hydrogens (tertiary/aromatic N) is 2. The van der Waals surface area contributed by atoms with Gasteiger partial charge in [0.2, 0.25) is 0 Å². The molecule has 1 aliphatic rings. The van der Waals surface area contributed by atoms with Crippen LogP contribution < -0.4 is 5.32 Å². The van der Waals surface area contributed by atoms with Crippen molar-refractivity contribution in [2.45, 2.75) is 19.8 Å². The van der Waals surface area contributed by atoms with E-state index in [1.165, 1.54) is 0 Å². The number of rotatable bonds is 5. The summed E-state index contributed by atoms with van der Waals surface area (Å²) in [6, 6.07) is 11.7. The van der Waals surface area contributed by atoms with Crippen molar-refractivity contribution in [3.63, 3.8) is 0 Å². The molecular formula is C21H20ClN3. The van der Waals surface area contributed by atoms with Gasteiger partial charge in [0.1, 0.15) is 5.82 Å². The minimum atomic E-state index is 0.693. The number of pyridine rings is 1. The highest BCUT2D eigenvalue weighted by molar-refractivity contribution is 6.30. The molecule has 0 atom stereocenters. The van der Waals surface area contributed by atoms with Gasteiger partial charge in [-0.3, -0.25) is 4.98 Å². The normalized spacial score (nSPS) is 15.4. The second-order valence-corrected chi connectivity index (χ2v) is 6.09. The van der Waals surface area contributed by atoms with Gasteiger partial charge in [-0.25, -0.2) is 4.99 Å². The summed E-state index contributed by atoms with van der Waals surface area (Å²) in [5.41, 5.74) is 3.70. The number of hydrogen-bond acceptors (Lipinski definition) is 3. The maximum absolute atomic E-state index is 6.14. The third-order valence-corrected chi connectivity index (χ3v) is 3.98. The number of unbranched alkanes of at least 4 members (excludes halogenated alkanes) is 1. The molecule has 1 aromatic carbocycles. The molecule has 2 aromatic rings. The van der Waals surface area contributed by atoms with E-state index in [0.29, 0.717) is 5.02 Å². The van der Waals surface area contributed by atoms with Gasteiger partial charge in [-0.1, -0.05) is 49.2 Å². The van der Waals surface area contributed by atoms with E-state index < -0.39 is 0 Å². The Morgan fingerprint density at radius 3 is 2.96 bits per heavy atom. The molecule has 3 nitrogen and oxygen atoms in total. The number of aliphatic imine (C=N–C) groups is 1. The fourth-order valence-electron chi connectivity index (χ4n) is 2.54. The van der Waals surface area contributed by atoms with Crippen LogP contribution in [0.1, 0.15) is 25.3 Å². The van der Waals surface area contributed by atoms with Crippen LogP contribution in [0.15, 0.2) is 83.9 Å². The maximum atomic E-state index is 6.14. The maximum Gasteiger partial charge on any atom is 0.130 e. The SMILES string of the molecule is CCC/C=C/C=C1/N=C(c2cccnc2-c2cccc(Cl)c2)C=CN1. The number of halogens is 1. The average Bonchev–Trinajstić information content (AvgIpc) is 2.65. The molecule has 0 unspecified atom stereocenters. The fraction of sp³-hybridized carbons (Fsp3) is 0.143. The van der Waals surface area contributed by atoms with Gasteiger partial charge in [0.25, 0.3) is 0 Å². The third-order valence-electron chi connectivity index (χ3n) is 3.74. The van der Waals surface area contributed by atoms with Crippen molar-refractivity contribution in [3.8, 4) is 11.3 Å². The van der Waals surface area contributed by atoms with Crippen LogP contribution in [0.2, 0.25) is 5.02 Å². The predicted molar refractivity (Wildman–Crippen MR) is 106 cm³/mol. The third kappa shape index (κ3) is 4.46. The number of nitrogens with one attached hydrogen (secondary N) is 1. The molecule has 0 spiro atoms. The average molecular weight is 350 g/mol. The lowest BCUT2D eigenvalue weighted by Gasteiger charge is -2.13. The molecule has 1 aliphatic heterocycles. The molecule has 1 N–H and O–H groups in total. The lowest BCUT2D eigenvalue weighted by atomic mass is 10.0. The van der Waals surface area contributed by atoms with Crippen LogP contribution >= 0.6 is 11.6 Å². The summed E-state index contributed by atoms with van der Waals surface area (Å²) in [5, 5.41) is 3.86. The van der Waals surface area contributed by atoms with Crippen LogP contribution in [0.25, 0.3) is 11.3 Å². The number of hydrogen-bond donors (Lipinski definition) is 1. The number of allylic oxidation sites excluding steroid dienone is 4. The molecule has 0 bridgehead atoms. The zero-order chi connectivity index (χ0) is 17.5. The molecule has 0 radical (unpaired) electrons. The lowest BCUT2D eigenvalue weighted by molar-refractivity contribution is 0.957. The van der Waals surface area contributed by atoms with E-state index in [2.05, 4.69) is 23.3 Å². The highest BCUT2D eigenvalue weighted by Crippen LogP contribution is 2.25. The van der Waals surface area contributed by atoms with Crippen LogP contribution in [0.4, 0.5) is 0 Å². The molecule has 0 saturated carbocycles. The van der Waals surface area contributed by atoms with Crippen molar-refractivity contribution in [1.29, 1.82) is 0 Å². The van der Waals surface area contributed by atoms with Crippen LogP contribution in [0.3, 0.4) is 0 Å². The van der Waals surface area contributed by atoms with Crippen molar-refractivity contribution in [2.75, 3.05) is 0 Å². The molecular weight excluding hydrogens is 330 g/mol. The summed E-state index contributed by atoms with van der Waals surface area (Å²) in [6.07, 6.45) is 14.0. The van der Waals surface area contributed by atoms with Gasteiger partial charge in [-0.2, -0.15) is 0 Å². The Hall–Kier alpha value is -2.65. The molecule has 0 amide bonds. The molecule has 0 aliphatic carbocycles. The van der Waals surface area contributed by atoms with Crippen molar-refractivity contribution in [1.82, 2.24) is 10.3 Å². The van der Waals surface area contributed by atoms with E-state index in [9.17, 15) is 0 Å². The van der Waals surface area contributed by atoms with E-state index in [-0.39, 0.29) is 0 Å². The summed E-state index contributed by atoms with van der Waals surface area (Å²) >= 11 is 6.14. The summed E-state index contributed by atoms with van der Waals surface area (Å²) in [5.74, 6) is 0.811. The summed E-state index contributed by atoms with van der Waals surface area (Å²) < 4.78 is 0. The van der Waals surface area contributed by atoms with Crippen LogP contribution in [0.5, 0.6) is 0 Å². The first-order valence-corrected chi connectivity index (χ1v) is 8.75. The van der Waals surface area contributed by atoms with E-state index in [0.717, 1.165) is 41.2 Å². The number of aromatic nitrogens is 1. The van der Waals surface area contributed by atoms with Gasteiger partial charge in [0.05, 0.1) is 11.4 Å². The first-order valence-electron chi connectivity index (χ1n) is 8.38. The van der Waals surface area contributed by atoms with Crippen molar-refractivity contribution in [2.24, 2.45) is 4.99 Å². The Morgan fingerprint density at radius 1 is 1.20 bits per heavy atom.